The van der Waals surface area contributed by atoms with Gasteiger partial charge in [0.2, 0.25) is 0 Å². The second-order valence-electron chi connectivity index (χ2n) is 2.45. The quantitative estimate of drug-likeness (QED) is 0.426. The van der Waals surface area contributed by atoms with Crippen LogP contribution in [0.3, 0.4) is 0 Å². The molecule has 0 aliphatic carbocycles. The smallest absolute Gasteiger partial charge is 0.00773 e. The van der Waals surface area contributed by atoms with E-state index in [1.165, 1.54) is 25.7 Å². The molecule has 0 aromatic carbocycles. The van der Waals surface area contributed by atoms with E-state index in [0.29, 0.717) is 0 Å². The molecule has 0 aliphatic rings. The minimum Gasteiger partial charge on any atom is -0.330 e. The van der Waals surface area contributed by atoms with E-state index in [4.69, 9.17) is 5.73 Å². The fourth-order valence-electron chi connectivity index (χ4n) is 0.845. The second-order valence-corrected chi connectivity index (χ2v) is 2.45. The zero-order valence-electron chi connectivity index (χ0n) is 6.68. The third-order valence-corrected chi connectivity index (χ3v) is 1.45. The summed E-state index contributed by atoms with van der Waals surface area (Å²) in [6.45, 7) is 4.48. The number of hydrogen-bond donors (Lipinski definition) is 1. The van der Waals surface area contributed by atoms with Crippen LogP contribution in [-0.4, -0.2) is 6.54 Å². The first-order chi connectivity index (χ1) is 4.91. The van der Waals surface area contributed by atoms with Gasteiger partial charge in [0.1, 0.15) is 0 Å². The Bertz CT molecular complexity index is 69.1. The minimum atomic E-state index is 0.835. The molecule has 0 fully saturated rings. The molecule has 1 heteroatoms. The maximum absolute atomic E-state index is 5.34. The van der Waals surface area contributed by atoms with Crippen LogP contribution in [0.1, 0.15) is 32.1 Å². The summed E-state index contributed by atoms with van der Waals surface area (Å²) < 4.78 is 0. The largest absolute Gasteiger partial charge is 0.330 e. The fraction of sp³-hybridized carbons (Fsp3) is 0.667. The molecule has 0 saturated carbocycles. The van der Waals surface area contributed by atoms with Crippen molar-refractivity contribution in [2.45, 2.75) is 32.1 Å². The van der Waals surface area contributed by atoms with Crippen molar-refractivity contribution < 1.29 is 0 Å². The molecule has 0 aromatic heterocycles. The lowest BCUT2D eigenvalue weighted by Gasteiger charge is -1.96. The van der Waals surface area contributed by atoms with Crippen LogP contribution in [0.5, 0.6) is 0 Å². The number of allylic oxidation sites excluding steroid dienone is 1. The summed E-state index contributed by atoms with van der Waals surface area (Å²) >= 11 is 0. The van der Waals surface area contributed by atoms with Gasteiger partial charge < -0.3 is 5.73 Å². The van der Waals surface area contributed by atoms with Crippen molar-refractivity contribution in [3.63, 3.8) is 0 Å². The molecule has 0 aliphatic heterocycles. The summed E-state index contributed by atoms with van der Waals surface area (Å²) in [5.41, 5.74) is 5.34. The molecule has 0 rings (SSSR count). The summed E-state index contributed by atoms with van der Waals surface area (Å²) in [4.78, 5) is 0. The Morgan fingerprint density at radius 3 is 2.60 bits per heavy atom. The summed E-state index contributed by atoms with van der Waals surface area (Å²) in [6, 6.07) is 0. The van der Waals surface area contributed by atoms with Gasteiger partial charge in [0.15, 0.2) is 0 Å². The van der Waals surface area contributed by atoms with Gasteiger partial charge in [0, 0.05) is 0 Å². The van der Waals surface area contributed by atoms with Gasteiger partial charge in [-0.25, -0.2) is 0 Å². The molecule has 2 N–H and O–H groups in total. The molecule has 1 radical (unpaired) electrons. The average Bonchev–Trinajstić information content (AvgIpc) is 1.97. The van der Waals surface area contributed by atoms with Crippen molar-refractivity contribution in [1.29, 1.82) is 0 Å². The Morgan fingerprint density at radius 1 is 1.20 bits per heavy atom. The monoisotopic (exact) mass is 140 g/mol. The van der Waals surface area contributed by atoms with Crippen LogP contribution >= 0.6 is 0 Å². The van der Waals surface area contributed by atoms with E-state index in [9.17, 15) is 0 Å². The Labute approximate surface area is 64.3 Å². The molecule has 0 bridgehead atoms. The molecule has 0 aromatic rings. The summed E-state index contributed by atoms with van der Waals surface area (Å²) in [7, 11) is 0. The number of nitrogens with two attached hydrogens (primary N) is 1. The maximum Gasteiger partial charge on any atom is -0.00773 e. The zero-order valence-corrected chi connectivity index (χ0v) is 6.68. The van der Waals surface area contributed by atoms with E-state index in [0.717, 1.165) is 13.0 Å². The first-order valence-corrected chi connectivity index (χ1v) is 4.04. The summed E-state index contributed by atoms with van der Waals surface area (Å²) in [5, 5.41) is 0. The maximum atomic E-state index is 5.34. The van der Waals surface area contributed by atoms with Crippen molar-refractivity contribution in [3.05, 3.63) is 19.1 Å². The Balaban J connectivity index is 2.70. The van der Waals surface area contributed by atoms with Gasteiger partial charge in [-0.15, -0.1) is 6.58 Å². The second kappa shape index (κ2) is 8.70. The van der Waals surface area contributed by atoms with Crippen LogP contribution in [0.25, 0.3) is 0 Å². The van der Waals surface area contributed by atoms with Gasteiger partial charge >= 0.3 is 0 Å². The van der Waals surface area contributed by atoms with Gasteiger partial charge in [0.25, 0.3) is 0 Å². The highest BCUT2D eigenvalue weighted by molar-refractivity contribution is 4.77. The lowest BCUT2D eigenvalue weighted by molar-refractivity contribution is 0.676. The molecule has 0 heterocycles. The molecule has 10 heavy (non-hydrogen) atoms. The van der Waals surface area contributed by atoms with Crippen molar-refractivity contribution in [1.82, 2.24) is 0 Å². The van der Waals surface area contributed by atoms with Crippen molar-refractivity contribution in [3.8, 4) is 0 Å². The van der Waals surface area contributed by atoms with E-state index in [1.807, 2.05) is 6.08 Å². The van der Waals surface area contributed by atoms with Gasteiger partial charge in [-0.1, -0.05) is 18.9 Å². The standard InChI is InChI=1S/C9H18N/c1-2-3-4-5-6-7-8-9-10/h2,4H,1,3,5-10H2. The van der Waals surface area contributed by atoms with Crippen LogP contribution in [-0.2, 0) is 0 Å². The van der Waals surface area contributed by atoms with E-state index < -0.39 is 0 Å². The fourth-order valence-corrected chi connectivity index (χ4v) is 0.845. The van der Waals surface area contributed by atoms with E-state index >= 15 is 0 Å². The van der Waals surface area contributed by atoms with Gasteiger partial charge in [-0.05, 0) is 32.2 Å². The highest BCUT2D eigenvalue weighted by atomic mass is 14.5. The van der Waals surface area contributed by atoms with Gasteiger partial charge in [-0.3, -0.25) is 0 Å². The third kappa shape index (κ3) is 7.70. The Hall–Kier alpha value is -0.300. The summed E-state index contributed by atoms with van der Waals surface area (Å²) in [6.07, 6.45) is 10.2. The van der Waals surface area contributed by atoms with E-state index in [-0.39, 0.29) is 0 Å². The molecule has 1 nitrogen and oxygen atoms in total. The number of unbranched alkanes of at least 4 members (excludes halogenated alkanes) is 5. The highest BCUT2D eigenvalue weighted by Gasteiger charge is 1.86. The first-order valence-electron chi connectivity index (χ1n) is 4.04. The predicted octanol–water partition coefficient (Wildman–Crippen LogP) is 2.29. The molecule has 0 amide bonds. The lowest BCUT2D eigenvalue weighted by atomic mass is 10.1. The van der Waals surface area contributed by atoms with Crippen LogP contribution in [0.15, 0.2) is 12.7 Å². The van der Waals surface area contributed by atoms with Crippen molar-refractivity contribution in [2.75, 3.05) is 6.54 Å². The van der Waals surface area contributed by atoms with Crippen LogP contribution < -0.4 is 5.73 Å². The highest BCUT2D eigenvalue weighted by Crippen LogP contribution is 2.03. The molecule has 59 valence electrons. The molecule has 0 unspecified atom stereocenters. The summed E-state index contributed by atoms with van der Waals surface area (Å²) in [5.74, 6) is 0. The van der Waals surface area contributed by atoms with E-state index in [1.54, 1.807) is 0 Å². The number of rotatable bonds is 7. The van der Waals surface area contributed by atoms with Crippen molar-refractivity contribution in [2.24, 2.45) is 5.73 Å². The average molecular weight is 140 g/mol. The molecule has 0 saturated heterocycles. The Kier molecular flexibility index (Phi) is 8.44. The lowest BCUT2D eigenvalue weighted by Crippen LogP contribution is -1.97. The van der Waals surface area contributed by atoms with Gasteiger partial charge in [0.05, 0.1) is 0 Å². The van der Waals surface area contributed by atoms with Crippen LogP contribution in [0.4, 0.5) is 0 Å². The van der Waals surface area contributed by atoms with Crippen LogP contribution in [0.2, 0.25) is 0 Å². The number of hydrogen-bond acceptors (Lipinski definition) is 1. The molecule has 0 atom stereocenters. The molecule has 0 spiro atoms. The SMILES string of the molecule is C=CC[CH]CCCCCN. The Morgan fingerprint density at radius 2 is 2.00 bits per heavy atom. The van der Waals surface area contributed by atoms with E-state index in [2.05, 4.69) is 13.0 Å². The normalized spacial score (nSPS) is 9.70. The molecular weight excluding hydrogens is 122 g/mol. The minimum absolute atomic E-state index is 0.835. The van der Waals surface area contributed by atoms with Crippen LogP contribution in [0, 0.1) is 6.42 Å². The molecular formula is C9H18N. The third-order valence-electron chi connectivity index (χ3n) is 1.45. The zero-order chi connectivity index (χ0) is 7.66. The van der Waals surface area contributed by atoms with Crippen molar-refractivity contribution >= 4 is 0 Å². The first kappa shape index (κ1) is 9.70. The van der Waals surface area contributed by atoms with Gasteiger partial charge in [-0.2, -0.15) is 0 Å². The topological polar surface area (TPSA) is 26.0 Å². The predicted molar refractivity (Wildman–Crippen MR) is 46.6 cm³/mol.